The molecule has 0 fully saturated rings. The molecule has 2 N–H and O–H groups in total. The van der Waals surface area contributed by atoms with E-state index in [4.69, 9.17) is 4.74 Å². The van der Waals surface area contributed by atoms with Gasteiger partial charge in [0.15, 0.2) is 6.10 Å². The number of ether oxygens (including phenoxy) is 1. The monoisotopic (exact) mass is 516 g/mol. The van der Waals surface area contributed by atoms with Gasteiger partial charge in [-0.25, -0.2) is 18.0 Å². The van der Waals surface area contributed by atoms with Crippen molar-refractivity contribution in [2.45, 2.75) is 44.7 Å². The number of benzene rings is 2. The van der Waals surface area contributed by atoms with Crippen molar-refractivity contribution < 1.29 is 41.0 Å². The molecule has 3 aromatic rings. The number of aromatic nitrogens is 3. The Morgan fingerprint density at radius 2 is 1.86 bits per heavy atom. The van der Waals surface area contributed by atoms with Gasteiger partial charge in [-0.05, 0) is 31.5 Å². The quantitative estimate of drug-likeness (QED) is 0.507. The van der Waals surface area contributed by atoms with E-state index >= 15 is 4.39 Å². The summed E-state index contributed by atoms with van der Waals surface area (Å²) in [6, 6.07) is 3.82. The third kappa shape index (κ3) is 4.80. The SMILES string of the molecule is C[C@H](Oc1cc(-n2nc3n(c2=O)CC(O)CC3)c(F)cc1C(=O)Nc1c(F)cccc1F)C(F)(F)F. The zero-order valence-electron chi connectivity index (χ0n) is 18.4. The molecule has 1 aliphatic heterocycles. The van der Waals surface area contributed by atoms with Crippen LogP contribution in [0.4, 0.5) is 32.0 Å². The van der Waals surface area contributed by atoms with E-state index in [1.807, 2.05) is 5.32 Å². The molecular weight excluding hydrogens is 498 g/mol. The molecule has 8 nitrogen and oxygen atoms in total. The second-order valence-corrected chi connectivity index (χ2v) is 8.07. The smallest absolute Gasteiger partial charge is 0.425 e. The van der Waals surface area contributed by atoms with Crippen molar-refractivity contribution in [2.24, 2.45) is 0 Å². The van der Waals surface area contributed by atoms with Crippen molar-refractivity contribution in [1.82, 2.24) is 14.3 Å². The maximum Gasteiger partial charge on any atom is 0.425 e. The summed E-state index contributed by atoms with van der Waals surface area (Å²) in [5.41, 5.74) is -3.22. The number of para-hydroxylation sites is 1. The van der Waals surface area contributed by atoms with Crippen LogP contribution in [0.15, 0.2) is 35.1 Å². The minimum Gasteiger partial charge on any atom is -0.480 e. The van der Waals surface area contributed by atoms with Crippen LogP contribution in [-0.4, -0.2) is 43.7 Å². The van der Waals surface area contributed by atoms with Crippen LogP contribution in [-0.2, 0) is 13.0 Å². The summed E-state index contributed by atoms with van der Waals surface area (Å²) >= 11 is 0. The van der Waals surface area contributed by atoms with Crippen LogP contribution >= 0.6 is 0 Å². The summed E-state index contributed by atoms with van der Waals surface area (Å²) in [5, 5.41) is 15.6. The number of fused-ring (bicyclic) bond motifs is 1. The molecule has 1 aliphatic rings. The molecule has 2 aromatic carbocycles. The minimum atomic E-state index is -4.89. The van der Waals surface area contributed by atoms with E-state index in [-0.39, 0.29) is 18.8 Å². The third-order valence-corrected chi connectivity index (χ3v) is 5.52. The standard InChI is InChI=1S/C22H18F6N4O4/c1-10(22(26,27)28)36-17-8-16(32-21(35)31-9-11(33)5-6-18(31)30-32)15(25)7-12(17)20(34)29-19-13(23)3-2-4-14(19)24/h2-4,7-8,10-11,33H,5-6,9H2,1H3,(H,29,34)/t10-,11?/m0/s1. The van der Waals surface area contributed by atoms with Crippen molar-refractivity contribution >= 4 is 11.6 Å². The highest BCUT2D eigenvalue weighted by Gasteiger charge is 2.39. The van der Waals surface area contributed by atoms with Crippen molar-refractivity contribution in [1.29, 1.82) is 0 Å². The van der Waals surface area contributed by atoms with E-state index in [1.165, 1.54) is 0 Å². The van der Waals surface area contributed by atoms with Gasteiger partial charge in [-0.2, -0.15) is 17.9 Å². The number of nitrogens with zero attached hydrogens (tertiary/aromatic N) is 3. The number of carbonyl (C=O) groups is 1. The summed E-state index contributed by atoms with van der Waals surface area (Å²) in [5.74, 6) is -5.57. The van der Waals surface area contributed by atoms with Crippen LogP contribution in [0.25, 0.3) is 5.69 Å². The Kier molecular flexibility index (Phi) is 6.56. The van der Waals surface area contributed by atoms with Gasteiger partial charge in [-0.3, -0.25) is 9.36 Å². The summed E-state index contributed by atoms with van der Waals surface area (Å²) < 4.78 is 89.1. The first kappa shape index (κ1) is 25.3. The number of aryl methyl sites for hydroxylation is 1. The number of hydrogen-bond acceptors (Lipinski definition) is 5. The van der Waals surface area contributed by atoms with E-state index in [0.717, 1.165) is 22.8 Å². The first-order valence-electron chi connectivity index (χ1n) is 10.6. The number of rotatable bonds is 5. The number of aliphatic hydroxyl groups excluding tert-OH is 1. The van der Waals surface area contributed by atoms with Gasteiger partial charge < -0.3 is 15.2 Å². The average molecular weight is 516 g/mol. The number of alkyl halides is 3. The number of aliphatic hydroxyl groups is 1. The van der Waals surface area contributed by atoms with Crippen molar-refractivity contribution in [3.63, 3.8) is 0 Å². The maximum absolute atomic E-state index is 15.1. The van der Waals surface area contributed by atoms with Crippen LogP contribution in [0, 0.1) is 17.5 Å². The Hall–Kier alpha value is -3.81. The topological polar surface area (TPSA) is 98.4 Å². The Morgan fingerprint density at radius 1 is 1.19 bits per heavy atom. The molecule has 0 spiro atoms. The van der Waals surface area contributed by atoms with Gasteiger partial charge in [-0.1, -0.05) is 6.07 Å². The van der Waals surface area contributed by atoms with Gasteiger partial charge in [0.1, 0.15) is 40.4 Å². The molecule has 14 heteroatoms. The lowest BCUT2D eigenvalue weighted by Crippen LogP contribution is -2.33. The molecule has 0 bridgehead atoms. The van der Waals surface area contributed by atoms with Crippen LogP contribution in [0.5, 0.6) is 5.75 Å². The summed E-state index contributed by atoms with van der Waals surface area (Å²) in [6.45, 7) is 0.517. The second kappa shape index (κ2) is 9.33. The van der Waals surface area contributed by atoms with Gasteiger partial charge in [0.05, 0.1) is 18.2 Å². The van der Waals surface area contributed by atoms with E-state index < -0.39 is 70.1 Å². The van der Waals surface area contributed by atoms with E-state index in [0.29, 0.717) is 30.2 Å². The van der Waals surface area contributed by atoms with Crippen LogP contribution < -0.4 is 15.7 Å². The van der Waals surface area contributed by atoms with E-state index in [1.54, 1.807) is 0 Å². The van der Waals surface area contributed by atoms with Crippen molar-refractivity contribution in [3.8, 4) is 11.4 Å². The molecule has 36 heavy (non-hydrogen) atoms. The number of halogens is 6. The van der Waals surface area contributed by atoms with Gasteiger partial charge in [0.2, 0.25) is 0 Å². The predicted molar refractivity (Wildman–Crippen MR) is 113 cm³/mol. The van der Waals surface area contributed by atoms with Gasteiger partial charge in [0.25, 0.3) is 5.91 Å². The zero-order valence-corrected chi connectivity index (χ0v) is 18.4. The molecule has 0 radical (unpaired) electrons. The average Bonchev–Trinajstić information content (AvgIpc) is 3.12. The molecule has 0 saturated heterocycles. The first-order chi connectivity index (χ1) is 16.9. The normalized spacial score (nSPS) is 16.4. The lowest BCUT2D eigenvalue weighted by atomic mass is 10.1. The fourth-order valence-electron chi connectivity index (χ4n) is 3.60. The fraction of sp³-hybridized carbons (Fsp3) is 0.318. The number of hydrogen-bond donors (Lipinski definition) is 2. The maximum atomic E-state index is 15.1. The van der Waals surface area contributed by atoms with Gasteiger partial charge in [0, 0.05) is 12.5 Å². The predicted octanol–water partition coefficient (Wildman–Crippen LogP) is 3.34. The third-order valence-electron chi connectivity index (χ3n) is 5.52. The molecule has 1 aromatic heterocycles. The number of anilines is 1. The molecule has 0 aliphatic carbocycles. The summed E-state index contributed by atoms with van der Waals surface area (Å²) in [7, 11) is 0. The van der Waals surface area contributed by atoms with Crippen molar-refractivity contribution in [2.75, 3.05) is 5.32 Å². The van der Waals surface area contributed by atoms with Crippen LogP contribution in [0.2, 0.25) is 0 Å². The van der Waals surface area contributed by atoms with Gasteiger partial charge >= 0.3 is 11.9 Å². The summed E-state index contributed by atoms with van der Waals surface area (Å²) in [4.78, 5) is 25.5. The molecular formula is C22H18F6N4O4. The lowest BCUT2D eigenvalue weighted by molar-refractivity contribution is -0.189. The van der Waals surface area contributed by atoms with E-state index in [9.17, 15) is 36.6 Å². The molecule has 1 amide bonds. The molecule has 4 rings (SSSR count). The van der Waals surface area contributed by atoms with Crippen molar-refractivity contribution in [3.05, 3.63) is 69.7 Å². The van der Waals surface area contributed by atoms with Crippen LogP contribution in [0.3, 0.4) is 0 Å². The number of carbonyl (C=O) groups excluding carboxylic acids is 1. The zero-order chi connectivity index (χ0) is 26.4. The highest BCUT2D eigenvalue weighted by atomic mass is 19.4. The first-order valence-corrected chi connectivity index (χ1v) is 10.6. The minimum absolute atomic E-state index is 0.112. The highest BCUT2D eigenvalue weighted by molar-refractivity contribution is 6.06. The largest absolute Gasteiger partial charge is 0.480 e. The van der Waals surface area contributed by atoms with Gasteiger partial charge in [-0.15, -0.1) is 5.10 Å². The number of amides is 1. The Morgan fingerprint density at radius 3 is 2.50 bits per heavy atom. The lowest BCUT2D eigenvalue weighted by Gasteiger charge is -2.20. The molecule has 1 unspecified atom stereocenters. The van der Waals surface area contributed by atoms with E-state index in [2.05, 4.69) is 5.10 Å². The Balaban J connectivity index is 1.81. The molecule has 192 valence electrons. The second-order valence-electron chi connectivity index (χ2n) is 8.07. The van der Waals surface area contributed by atoms with Crippen LogP contribution in [0.1, 0.15) is 29.5 Å². The highest BCUT2D eigenvalue weighted by Crippen LogP contribution is 2.31. The molecule has 2 heterocycles. The Labute approximate surface area is 198 Å². The molecule has 0 saturated carbocycles. The summed E-state index contributed by atoms with van der Waals surface area (Å²) in [6.07, 6.45) is -7.72. The molecule has 2 atom stereocenters. The Bertz CT molecular complexity index is 1360. The number of nitrogens with one attached hydrogen (secondary N) is 1. The fourth-order valence-corrected chi connectivity index (χ4v) is 3.60.